The average molecular weight is 185 g/mol. The first kappa shape index (κ1) is 11.0. The quantitative estimate of drug-likeness (QED) is 0.710. The maximum Gasteiger partial charge on any atom is 0.0588 e. The van der Waals surface area contributed by atoms with Gasteiger partial charge in [-0.3, -0.25) is 0 Å². The third-order valence-electron chi connectivity index (χ3n) is 2.98. The average Bonchev–Trinajstić information content (AvgIpc) is 2.57. The summed E-state index contributed by atoms with van der Waals surface area (Å²) in [7, 11) is 0. The first-order valence-electron chi connectivity index (χ1n) is 5.51. The van der Waals surface area contributed by atoms with Gasteiger partial charge in [-0.15, -0.1) is 0 Å². The summed E-state index contributed by atoms with van der Waals surface area (Å²) in [6, 6.07) is 0. The van der Waals surface area contributed by atoms with Gasteiger partial charge in [-0.1, -0.05) is 6.92 Å². The van der Waals surface area contributed by atoms with Crippen LogP contribution in [0.15, 0.2) is 0 Å². The maximum atomic E-state index is 5.56. The molecule has 1 rings (SSSR count). The Labute approximate surface area is 82.0 Å². The molecule has 1 unspecified atom stereocenters. The largest absolute Gasteiger partial charge is 0.378 e. The number of rotatable bonds is 5. The molecule has 13 heavy (non-hydrogen) atoms. The van der Waals surface area contributed by atoms with Crippen LogP contribution in [0.3, 0.4) is 0 Å². The second kappa shape index (κ2) is 4.97. The number of ether oxygens (including phenoxy) is 1. The van der Waals surface area contributed by atoms with Crippen molar-refractivity contribution in [2.24, 2.45) is 0 Å². The molecule has 1 saturated heterocycles. The lowest BCUT2D eigenvalue weighted by Gasteiger charge is -2.25. The van der Waals surface area contributed by atoms with Crippen molar-refractivity contribution in [1.82, 2.24) is 5.32 Å². The van der Waals surface area contributed by atoms with E-state index >= 15 is 0 Å². The Morgan fingerprint density at radius 2 is 2.23 bits per heavy atom. The molecule has 0 aromatic rings. The van der Waals surface area contributed by atoms with E-state index < -0.39 is 0 Å². The van der Waals surface area contributed by atoms with Crippen LogP contribution in [0.5, 0.6) is 0 Å². The summed E-state index contributed by atoms with van der Waals surface area (Å²) in [5.74, 6) is 0. The van der Waals surface area contributed by atoms with Gasteiger partial charge in [0.2, 0.25) is 0 Å². The monoisotopic (exact) mass is 185 g/mol. The third kappa shape index (κ3) is 4.10. The second-order valence-electron chi connectivity index (χ2n) is 4.59. The molecule has 0 saturated carbocycles. The van der Waals surface area contributed by atoms with Crippen molar-refractivity contribution < 1.29 is 4.74 Å². The van der Waals surface area contributed by atoms with Gasteiger partial charge in [0.05, 0.1) is 6.10 Å². The van der Waals surface area contributed by atoms with E-state index in [1.807, 2.05) is 0 Å². The summed E-state index contributed by atoms with van der Waals surface area (Å²) in [5, 5.41) is 3.56. The van der Waals surface area contributed by atoms with Crippen LogP contribution < -0.4 is 5.32 Å². The zero-order chi connectivity index (χ0) is 9.73. The Hall–Kier alpha value is -0.0800. The molecule has 78 valence electrons. The van der Waals surface area contributed by atoms with Gasteiger partial charge in [0.15, 0.2) is 0 Å². The predicted octanol–water partition coefficient (Wildman–Crippen LogP) is 2.33. The zero-order valence-electron chi connectivity index (χ0n) is 9.23. The molecule has 2 heteroatoms. The Morgan fingerprint density at radius 1 is 1.46 bits per heavy atom. The fraction of sp³-hybridized carbons (Fsp3) is 1.00. The highest BCUT2D eigenvalue weighted by atomic mass is 16.5. The van der Waals surface area contributed by atoms with E-state index in [9.17, 15) is 0 Å². The SMILES string of the molecule is CCC(C)(C)NCCC1CCCO1. The summed E-state index contributed by atoms with van der Waals surface area (Å²) in [4.78, 5) is 0. The van der Waals surface area contributed by atoms with Crippen LogP contribution in [-0.2, 0) is 4.74 Å². The molecule has 0 bridgehead atoms. The highest BCUT2D eigenvalue weighted by Crippen LogP contribution is 2.15. The molecule has 2 nitrogen and oxygen atoms in total. The van der Waals surface area contributed by atoms with Gasteiger partial charge in [0.1, 0.15) is 0 Å². The molecule has 1 aliphatic heterocycles. The number of hydrogen-bond donors (Lipinski definition) is 1. The van der Waals surface area contributed by atoms with Crippen molar-refractivity contribution in [2.75, 3.05) is 13.2 Å². The fourth-order valence-corrected chi connectivity index (χ4v) is 1.57. The summed E-state index contributed by atoms with van der Waals surface area (Å²) < 4.78 is 5.56. The molecule has 0 amide bonds. The second-order valence-corrected chi connectivity index (χ2v) is 4.59. The molecule has 1 aliphatic rings. The highest BCUT2D eigenvalue weighted by Gasteiger charge is 2.17. The number of hydrogen-bond acceptors (Lipinski definition) is 2. The van der Waals surface area contributed by atoms with Crippen LogP contribution in [-0.4, -0.2) is 24.8 Å². The first-order valence-corrected chi connectivity index (χ1v) is 5.51. The van der Waals surface area contributed by atoms with Gasteiger partial charge in [0, 0.05) is 12.1 Å². The molecule has 0 aromatic carbocycles. The van der Waals surface area contributed by atoms with E-state index in [1.165, 1.54) is 25.7 Å². The minimum atomic E-state index is 0.290. The van der Waals surface area contributed by atoms with Crippen molar-refractivity contribution in [1.29, 1.82) is 0 Å². The first-order chi connectivity index (χ1) is 6.14. The Kier molecular flexibility index (Phi) is 4.20. The van der Waals surface area contributed by atoms with Crippen LogP contribution in [0.1, 0.15) is 46.5 Å². The fourth-order valence-electron chi connectivity index (χ4n) is 1.57. The minimum Gasteiger partial charge on any atom is -0.378 e. The molecular formula is C11H23NO. The molecule has 1 N–H and O–H groups in total. The molecule has 0 radical (unpaired) electrons. The van der Waals surface area contributed by atoms with Crippen molar-refractivity contribution in [3.63, 3.8) is 0 Å². The predicted molar refractivity (Wildman–Crippen MR) is 56.0 cm³/mol. The highest BCUT2D eigenvalue weighted by molar-refractivity contribution is 4.76. The Balaban J connectivity index is 2.06. The van der Waals surface area contributed by atoms with Crippen LogP contribution >= 0.6 is 0 Å². The third-order valence-corrected chi connectivity index (χ3v) is 2.98. The van der Waals surface area contributed by atoms with Gasteiger partial charge >= 0.3 is 0 Å². The van der Waals surface area contributed by atoms with E-state index in [2.05, 4.69) is 26.1 Å². The van der Waals surface area contributed by atoms with E-state index in [-0.39, 0.29) is 0 Å². The van der Waals surface area contributed by atoms with Crippen LogP contribution in [0.25, 0.3) is 0 Å². The van der Waals surface area contributed by atoms with E-state index in [0.29, 0.717) is 11.6 Å². The lowest BCUT2D eigenvalue weighted by molar-refractivity contribution is 0.102. The minimum absolute atomic E-state index is 0.290. The van der Waals surface area contributed by atoms with Crippen LogP contribution in [0.2, 0.25) is 0 Å². The van der Waals surface area contributed by atoms with Crippen molar-refractivity contribution in [3.8, 4) is 0 Å². The summed E-state index contributed by atoms with van der Waals surface area (Å²) in [5.41, 5.74) is 0.290. The normalized spacial score (nSPS) is 23.8. The van der Waals surface area contributed by atoms with Gasteiger partial charge in [-0.2, -0.15) is 0 Å². The van der Waals surface area contributed by atoms with Gasteiger partial charge in [0.25, 0.3) is 0 Å². The van der Waals surface area contributed by atoms with E-state index in [1.54, 1.807) is 0 Å². The standard InChI is InChI=1S/C11H23NO/c1-4-11(2,3)12-8-7-10-6-5-9-13-10/h10,12H,4-9H2,1-3H3. The topological polar surface area (TPSA) is 21.3 Å². The molecule has 0 spiro atoms. The maximum absolute atomic E-state index is 5.56. The number of nitrogens with one attached hydrogen (secondary N) is 1. The molecule has 0 aliphatic carbocycles. The smallest absolute Gasteiger partial charge is 0.0588 e. The van der Waals surface area contributed by atoms with Crippen molar-refractivity contribution in [2.45, 2.75) is 58.1 Å². The van der Waals surface area contributed by atoms with Crippen LogP contribution in [0, 0.1) is 0 Å². The van der Waals surface area contributed by atoms with Crippen LogP contribution in [0.4, 0.5) is 0 Å². The molecule has 1 heterocycles. The molecule has 1 fully saturated rings. The Bertz CT molecular complexity index is 139. The zero-order valence-corrected chi connectivity index (χ0v) is 9.23. The summed E-state index contributed by atoms with van der Waals surface area (Å²) >= 11 is 0. The summed E-state index contributed by atoms with van der Waals surface area (Å²) in [6.45, 7) is 8.79. The van der Waals surface area contributed by atoms with Gasteiger partial charge in [-0.05, 0) is 46.1 Å². The lowest BCUT2D eigenvalue weighted by Crippen LogP contribution is -2.39. The lowest BCUT2D eigenvalue weighted by atomic mass is 10.0. The van der Waals surface area contributed by atoms with Crippen molar-refractivity contribution in [3.05, 3.63) is 0 Å². The molecular weight excluding hydrogens is 162 g/mol. The van der Waals surface area contributed by atoms with Gasteiger partial charge < -0.3 is 10.1 Å². The van der Waals surface area contributed by atoms with Crippen molar-refractivity contribution >= 4 is 0 Å². The van der Waals surface area contributed by atoms with E-state index in [4.69, 9.17) is 4.74 Å². The van der Waals surface area contributed by atoms with E-state index in [0.717, 1.165) is 13.2 Å². The molecule has 0 aromatic heterocycles. The van der Waals surface area contributed by atoms with Gasteiger partial charge in [-0.25, -0.2) is 0 Å². The molecule has 1 atom stereocenters. The Morgan fingerprint density at radius 3 is 2.77 bits per heavy atom. The summed E-state index contributed by atoms with van der Waals surface area (Å²) in [6.07, 6.45) is 5.39.